The van der Waals surface area contributed by atoms with Gasteiger partial charge in [0.15, 0.2) is 0 Å². The second-order valence-corrected chi connectivity index (χ2v) is 5.46. The maximum absolute atomic E-state index is 12.3. The summed E-state index contributed by atoms with van der Waals surface area (Å²) in [7, 11) is 0. The van der Waals surface area contributed by atoms with Crippen LogP contribution in [0.5, 0.6) is 0 Å². The molecule has 2 aromatic carbocycles. The minimum absolute atomic E-state index is 0.0749. The molecule has 0 spiro atoms. The summed E-state index contributed by atoms with van der Waals surface area (Å²) >= 11 is 5.87. The van der Waals surface area contributed by atoms with Crippen LogP contribution in [0, 0.1) is 0 Å². The van der Waals surface area contributed by atoms with Crippen molar-refractivity contribution >= 4 is 28.4 Å². The Hall–Kier alpha value is -2.26. The molecule has 0 saturated carbocycles. The number of fused-ring (bicyclic) bond motifs is 1. The molecule has 0 unspecified atom stereocenters. The molecule has 0 fully saturated rings. The number of rotatable bonds is 3. The van der Waals surface area contributed by atoms with Crippen LogP contribution in [0.4, 0.5) is 0 Å². The third kappa shape index (κ3) is 2.93. The topological polar surface area (TPSA) is 44.9 Å². The van der Waals surface area contributed by atoms with E-state index in [0.717, 1.165) is 16.5 Å². The first-order chi connectivity index (χ1) is 10.1. The number of benzene rings is 2. The van der Waals surface area contributed by atoms with Crippen molar-refractivity contribution in [2.45, 2.75) is 13.0 Å². The zero-order chi connectivity index (χ0) is 14.8. The van der Waals surface area contributed by atoms with Crippen molar-refractivity contribution < 1.29 is 4.79 Å². The van der Waals surface area contributed by atoms with E-state index in [-0.39, 0.29) is 11.9 Å². The molecule has 2 N–H and O–H groups in total. The average Bonchev–Trinajstić information content (AvgIpc) is 2.95. The first kappa shape index (κ1) is 13.7. The van der Waals surface area contributed by atoms with Gasteiger partial charge in [-0.3, -0.25) is 4.79 Å². The quantitative estimate of drug-likeness (QED) is 0.743. The second-order valence-electron chi connectivity index (χ2n) is 5.03. The van der Waals surface area contributed by atoms with Crippen molar-refractivity contribution in [2.24, 2.45) is 0 Å². The van der Waals surface area contributed by atoms with Gasteiger partial charge in [-0.15, -0.1) is 0 Å². The Balaban J connectivity index is 1.77. The Labute approximate surface area is 127 Å². The lowest BCUT2D eigenvalue weighted by molar-refractivity contribution is 0.0940. The van der Waals surface area contributed by atoms with Crippen LogP contribution in [0.15, 0.2) is 54.7 Å². The van der Waals surface area contributed by atoms with Crippen molar-refractivity contribution in [3.05, 3.63) is 70.9 Å². The molecule has 1 aromatic heterocycles. The molecule has 0 aliphatic heterocycles. The molecule has 0 saturated heterocycles. The average molecular weight is 299 g/mol. The Morgan fingerprint density at radius 1 is 1.14 bits per heavy atom. The highest BCUT2D eigenvalue weighted by Gasteiger charge is 2.12. The number of aromatic amines is 1. The van der Waals surface area contributed by atoms with E-state index in [1.807, 2.05) is 61.7 Å². The predicted molar refractivity (Wildman–Crippen MR) is 85.6 cm³/mol. The summed E-state index contributed by atoms with van der Waals surface area (Å²) < 4.78 is 0. The maximum atomic E-state index is 12.3. The smallest absolute Gasteiger partial charge is 0.251 e. The van der Waals surface area contributed by atoms with Gasteiger partial charge in [0.05, 0.1) is 6.04 Å². The Morgan fingerprint density at radius 3 is 2.67 bits per heavy atom. The highest BCUT2D eigenvalue weighted by Crippen LogP contribution is 2.18. The summed E-state index contributed by atoms with van der Waals surface area (Å²) in [6.07, 6.45) is 1.86. The lowest BCUT2D eigenvalue weighted by Gasteiger charge is -2.14. The maximum Gasteiger partial charge on any atom is 0.251 e. The van der Waals surface area contributed by atoms with Crippen LogP contribution < -0.4 is 5.32 Å². The summed E-state index contributed by atoms with van der Waals surface area (Å²) in [4.78, 5) is 15.4. The number of aromatic nitrogens is 1. The summed E-state index contributed by atoms with van der Waals surface area (Å²) in [5.74, 6) is -0.0889. The van der Waals surface area contributed by atoms with Gasteiger partial charge in [-0.05, 0) is 48.2 Å². The van der Waals surface area contributed by atoms with Crippen LogP contribution in [0.2, 0.25) is 5.02 Å². The lowest BCUT2D eigenvalue weighted by Crippen LogP contribution is -2.26. The van der Waals surface area contributed by atoms with E-state index in [4.69, 9.17) is 11.6 Å². The van der Waals surface area contributed by atoms with Gasteiger partial charge in [-0.2, -0.15) is 0 Å². The lowest BCUT2D eigenvalue weighted by atomic mass is 10.1. The number of halogens is 1. The molecule has 3 rings (SSSR count). The van der Waals surface area contributed by atoms with Crippen LogP contribution in [-0.4, -0.2) is 10.9 Å². The van der Waals surface area contributed by atoms with Crippen LogP contribution >= 0.6 is 11.6 Å². The Morgan fingerprint density at radius 2 is 1.90 bits per heavy atom. The van der Waals surface area contributed by atoms with Crippen LogP contribution in [-0.2, 0) is 0 Å². The monoisotopic (exact) mass is 298 g/mol. The Kier molecular flexibility index (Phi) is 3.67. The molecule has 21 heavy (non-hydrogen) atoms. The first-order valence-corrected chi connectivity index (χ1v) is 7.15. The minimum Gasteiger partial charge on any atom is -0.361 e. The normalized spacial score (nSPS) is 12.3. The molecule has 3 aromatic rings. The largest absolute Gasteiger partial charge is 0.361 e. The number of H-pyrrole nitrogens is 1. The molecule has 3 nitrogen and oxygen atoms in total. The molecular weight excluding hydrogens is 284 g/mol. The molecule has 4 heteroatoms. The number of carbonyl (C=O) groups excluding carboxylic acids is 1. The van der Waals surface area contributed by atoms with E-state index in [1.54, 1.807) is 0 Å². The first-order valence-electron chi connectivity index (χ1n) is 6.77. The van der Waals surface area contributed by atoms with Gasteiger partial charge in [-0.25, -0.2) is 0 Å². The third-order valence-electron chi connectivity index (χ3n) is 3.53. The van der Waals surface area contributed by atoms with Crippen molar-refractivity contribution in [1.29, 1.82) is 0 Å². The van der Waals surface area contributed by atoms with Crippen molar-refractivity contribution in [3.63, 3.8) is 0 Å². The molecule has 0 aliphatic rings. The van der Waals surface area contributed by atoms with Gasteiger partial charge < -0.3 is 10.3 Å². The van der Waals surface area contributed by atoms with Gasteiger partial charge in [0.2, 0.25) is 0 Å². The van der Waals surface area contributed by atoms with Crippen molar-refractivity contribution in [3.8, 4) is 0 Å². The van der Waals surface area contributed by atoms with Gasteiger partial charge in [0.25, 0.3) is 5.91 Å². The summed E-state index contributed by atoms with van der Waals surface area (Å²) in [6.45, 7) is 1.95. The summed E-state index contributed by atoms with van der Waals surface area (Å²) in [5.41, 5.74) is 2.63. The second kappa shape index (κ2) is 5.62. The summed E-state index contributed by atoms with van der Waals surface area (Å²) in [6, 6.07) is 15.0. The SMILES string of the molecule is C[C@H](NC(=O)c1ccc2cc[nH]c2c1)c1ccc(Cl)cc1. The van der Waals surface area contributed by atoms with Gasteiger partial charge >= 0.3 is 0 Å². The van der Waals surface area contributed by atoms with Crippen molar-refractivity contribution in [2.75, 3.05) is 0 Å². The van der Waals surface area contributed by atoms with E-state index < -0.39 is 0 Å². The van der Waals surface area contributed by atoms with E-state index in [2.05, 4.69) is 10.3 Å². The summed E-state index contributed by atoms with van der Waals surface area (Å²) in [5, 5.41) is 4.78. The number of amides is 1. The van der Waals surface area contributed by atoms with E-state index >= 15 is 0 Å². The van der Waals surface area contributed by atoms with Crippen LogP contribution in [0.25, 0.3) is 10.9 Å². The molecular formula is C17H15ClN2O. The fourth-order valence-electron chi connectivity index (χ4n) is 2.30. The van der Waals surface area contributed by atoms with Gasteiger partial charge in [0.1, 0.15) is 0 Å². The molecule has 1 atom stereocenters. The van der Waals surface area contributed by atoms with Gasteiger partial charge in [-0.1, -0.05) is 29.8 Å². The molecule has 1 amide bonds. The third-order valence-corrected chi connectivity index (χ3v) is 3.79. The number of carbonyl (C=O) groups is 1. The van der Waals surface area contributed by atoms with Crippen LogP contribution in [0.3, 0.4) is 0 Å². The standard InChI is InChI=1S/C17H15ClN2O/c1-11(12-4-6-15(18)7-5-12)20-17(21)14-3-2-13-8-9-19-16(13)10-14/h2-11,19H,1H3,(H,20,21)/t11-/m0/s1. The number of hydrogen-bond acceptors (Lipinski definition) is 1. The van der Waals surface area contributed by atoms with Crippen LogP contribution in [0.1, 0.15) is 28.9 Å². The molecule has 106 valence electrons. The predicted octanol–water partition coefficient (Wildman–Crippen LogP) is 4.31. The minimum atomic E-state index is -0.0889. The van der Waals surface area contributed by atoms with Crippen molar-refractivity contribution in [1.82, 2.24) is 10.3 Å². The highest BCUT2D eigenvalue weighted by molar-refractivity contribution is 6.30. The molecule has 1 heterocycles. The highest BCUT2D eigenvalue weighted by atomic mass is 35.5. The zero-order valence-electron chi connectivity index (χ0n) is 11.6. The van der Waals surface area contributed by atoms with E-state index in [1.165, 1.54) is 0 Å². The van der Waals surface area contributed by atoms with E-state index in [9.17, 15) is 4.79 Å². The molecule has 0 bridgehead atoms. The molecule has 0 aliphatic carbocycles. The fourth-order valence-corrected chi connectivity index (χ4v) is 2.43. The zero-order valence-corrected chi connectivity index (χ0v) is 12.3. The number of hydrogen-bond donors (Lipinski definition) is 2. The molecule has 0 radical (unpaired) electrons. The fraction of sp³-hybridized carbons (Fsp3) is 0.118. The van der Waals surface area contributed by atoms with Gasteiger partial charge in [0, 0.05) is 22.3 Å². The Bertz CT molecular complexity index is 777. The number of nitrogens with one attached hydrogen (secondary N) is 2. The van der Waals surface area contributed by atoms with E-state index in [0.29, 0.717) is 10.6 Å².